The molecule has 0 aliphatic carbocycles. The maximum atomic E-state index is 6.01. The minimum atomic E-state index is 0.696. The van der Waals surface area contributed by atoms with Crippen LogP contribution < -0.4 is 0 Å². The molecule has 1 rings (SSSR count). The van der Waals surface area contributed by atoms with Crippen molar-refractivity contribution in [3.63, 3.8) is 0 Å². The number of halogens is 1. The fraction of sp³-hybridized carbons (Fsp3) is 0.200. The van der Waals surface area contributed by atoms with Gasteiger partial charge in [0, 0.05) is 24.0 Å². The summed E-state index contributed by atoms with van der Waals surface area (Å²) in [6.07, 6.45) is 7.21. The van der Waals surface area contributed by atoms with Crippen LogP contribution in [-0.4, -0.2) is 29.9 Å². The molecule has 0 aliphatic rings. The summed E-state index contributed by atoms with van der Waals surface area (Å²) in [5.41, 5.74) is 0.933. The van der Waals surface area contributed by atoms with E-state index in [-0.39, 0.29) is 0 Å². The molecule has 0 amide bonds. The average Bonchev–Trinajstić information content (AvgIpc) is 2.15. The lowest BCUT2D eigenvalue weighted by Gasteiger charge is -1.94. The van der Waals surface area contributed by atoms with E-state index >= 15 is 0 Å². The molecular weight excluding hydrogens is 184 g/mol. The molecule has 68 valence electrons. The molecule has 0 aliphatic heterocycles. The Kier molecular flexibility index (Phi) is 3.65. The summed E-state index contributed by atoms with van der Waals surface area (Å²) in [5.74, 6) is 0. The predicted molar refractivity (Wildman–Crippen MR) is 56.2 cm³/mol. The fourth-order valence-electron chi connectivity index (χ4n) is 0.815. The van der Waals surface area contributed by atoms with Crippen molar-refractivity contribution in [2.24, 2.45) is 0 Å². The zero-order valence-electron chi connectivity index (χ0n) is 7.74. The van der Waals surface area contributed by atoms with Crippen molar-refractivity contribution in [2.45, 2.75) is 0 Å². The lowest BCUT2D eigenvalue weighted by Crippen LogP contribution is -1.95. The molecule has 0 aromatic carbocycles. The van der Waals surface area contributed by atoms with Crippen LogP contribution in [0, 0.1) is 0 Å². The van der Waals surface area contributed by atoms with Gasteiger partial charge in [-0.05, 0) is 6.07 Å². The zero-order chi connectivity index (χ0) is 9.68. The van der Waals surface area contributed by atoms with Crippen molar-refractivity contribution in [1.29, 1.82) is 0 Å². The fourth-order valence-corrected chi connectivity index (χ4v) is 0.983. The minimum absolute atomic E-state index is 0.696. The average molecular weight is 196 g/mol. The van der Waals surface area contributed by atoms with Gasteiger partial charge in [-0.15, -0.1) is 0 Å². The number of allylic oxidation sites excluding steroid dienone is 1. The quantitative estimate of drug-likeness (QED) is 0.521. The largest absolute Gasteiger partial charge is 0.264 e. The first-order valence-electron chi connectivity index (χ1n) is 3.97. The molecule has 3 heteroatoms. The Hall–Kier alpha value is -1.15. The van der Waals surface area contributed by atoms with Crippen LogP contribution >= 0.6 is 11.6 Å². The van der Waals surface area contributed by atoms with E-state index < -0.39 is 0 Å². The van der Waals surface area contributed by atoms with Gasteiger partial charge in [0.05, 0.1) is 5.03 Å². The second kappa shape index (κ2) is 4.77. The number of pyridine rings is 1. The SMILES string of the molecule is C[N+](C)=C/C=C(\Cl)c1cccnc1. The molecule has 13 heavy (non-hydrogen) atoms. The Morgan fingerprint density at radius 1 is 1.54 bits per heavy atom. The minimum Gasteiger partial charge on any atom is -0.264 e. The second-order valence-electron chi connectivity index (χ2n) is 2.87. The topological polar surface area (TPSA) is 15.9 Å². The van der Waals surface area contributed by atoms with Gasteiger partial charge in [0.15, 0.2) is 6.21 Å². The molecule has 0 saturated carbocycles. The predicted octanol–water partition coefficient (Wildman–Crippen LogP) is 2.00. The summed E-state index contributed by atoms with van der Waals surface area (Å²) in [6.45, 7) is 0. The third-order valence-corrected chi connectivity index (χ3v) is 1.80. The van der Waals surface area contributed by atoms with Crippen molar-refractivity contribution in [3.8, 4) is 0 Å². The van der Waals surface area contributed by atoms with Crippen LogP contribution in [0.3, 0.4) is 0 Å². The molecule has 1 aromatic heterocycles. The van der Waals surface area contributed by atoms with Gasteiger partial charge < -0.3 is 0 Å². The number of nitrogens with zero attached hydrogens (tertiary/aromatic N) is 2. The zero-order valence-corrected chi connectivity index (χ0v) is 8.49. The first-order chi connectivity index (χ1) is 6.20. The second-order valence-corrected chi connectivity index (χ2v) is 3.28. The smallest absolute Gasteiger partial charge is 0.164 e. The summed E-state index contributed by atoms with van der Waals surface area (Å²) in [5, 5.41) is 0.696. The van der Waals surface area contributed by atoms with Gasteiger partial charge in [-0.1, -0.05) is 17.7 Å². The monoisotopic (exact) mass is 195 g/mol. The van der Waals surface area contributed by atoms with Crippen LogP contribution in [0.4, 0.5) is 0 Å². The Bertz CT molecular complexity index is 324. The first-order valence-corrected chi connectivity index (χ1v) is 4.35. The number of hydrogen-bond acceptors (Lipinski definition) is 1. The summed E-state index contributed by atoms with van der Waals surface area (Å²) < 4.78 is 1.93. The van der Waals surface area contributed by atoms with Crippen LogP contribution in [-0.2, 0) is 0 Å². The number of aromatic nitrogens is 1. The molecule has 1 aromatic rings. The Morgan fingerprint density at radius 2 is 2.31 bits per heavy atom. The van der Waals surface area contributed by atoms with E-state index in [0.29, 0.717) is 5.03 Å². The van der Waals surface area contributed by atoms with Crippen molar-refractivity contribution < 1.29 is 4.58 Å². The van der Waals surface area contributed by atoms with Crippen LogP contribution in [0.5, 0.6) is 0 Å². The van der Waals surface area contributed by atoms with Gasteiger partial charge >= 0.3 is 0 Å². The number of hydrogen-bond donors (Lipinski definition) is 0. The summed E-state index contributed by atoms with van der Waals surface area (Å²) in [7, 11) is 3.90. The molecule has 0 bridgehead atoms. The Morgan fingerprint density at radius 3 is 2.85 bits per heavy atom. The van der Waals surface area contributed by atoms with E-state index in [9.17, 15) is 0 Å². The highest BCUT2D eigenvalue weighted by molar-refractivity contribution is 6.49. The summed E-state index contributed by atoms with van der Waals surface area (Å²) in [4.78, 5) is 3.98. The molecule has 0 radical (unpaired) electrons. The molecular formula is C10H12ClN2+. The molecule has 0 atom stereocenters. The standard InChI is InChI=1S/C10H12ClN2/c1-13(2)7-5-10(11)9-4-3-6-12-8-9/h3-8H,1-2H3/q+1. The van der Waals surface area contributed by atoms with Crippen molar-refractivity contribution in [2.75, 3.05) is 14.1 Å². The Balaban J connectivity index is 2.86. The van der Waals surface area contributed by atoms with Crippen LogP contribution in [0.25, 0.3) is 5.03 Å². The first kappa shape index (κ1) is 9.93. The van der Waals surface area contributed by atoms with Gasteiger partial charge in [0.1, 0.15) is 14.1 Å². The van der Waals surface area contributed by atoms with E-state index in [0.717, 1.165) is 5.56 Å². The molecule has 1 heterocycles. The lowest BCUT2D eigenvalue weighted by molar-refractivity contribution is -0.458. The van der Waals surface area contributed by atoms with Gasteiger partial charge in [0.2, 0.25) is 0 Å². The van der Waals surface area contributed by atoms with E-state index in [4.69, 9.17) is 11.6 Å². The normalized spacial score (nSPS) is 11.2. The summed E-state index contributed by atoms with van der Waals surface area (Å²) >= 11 is 6.01. The molecule has 0 fully saturated rings. The summed E-state index contributed by atoms with van der Waals surface area (Å²) in [6, 6.07) is 3.79. The molecule has 2 nitrogen and oxygen atoms in total. The highest BCUT2D eigenvalue weighted by Gasteiger charge is 1.95. The van der Waals surface area contributed by atoms with Crippen molar-refractivity contribution >= 4 is 22.8 Å². The van der Waals surface area contributed by atoms with Crippen LogP contribution in [0.1, 0.15) is 5.56 Å². The van der Waals surface area contributed by atoms with Gasteiger partial charge in [-0.25, -0.2) is 4.58 Å². The van der Waals surface area contributed by atoms with Crippen molar-refractivity contribution in [3.05, 3.63) is 36.2 Å². The Labute approximate surface area is 83.2 Å². The highest BCUT2D eigenvalue weighted by atomic mass is 35.5. The maximum Gasteiger partial charge on any atom is 0.164 e. The van der Waals surface area contributed by atoms with E-state index in [1.54, 1.807) is 12.4 Å². The highest BCUT2D eigenvalue weighted by Crippen LogP contribution is 2.15. The maximum absolute atomic E-state index is 6.01. The van der Waals surface area contributed by atoms with E-state index in [2.05, 4.69) is 4.98 Å². The van der Waals surface area contributed by atoms with Crippen LogP contribution in [0.2, 0.25) is 0 Å². The van der Waals surface area contributed by atoms with Gasteiger partial charge in [-0.3, -0.25) is 4.98 Å². The lowest BCUT2D eigenvalue weighted by atomic mass is 10.2. The van der Waals surface area contributed by atoms with Crippen LogP contribution in [0.15, 0.2) is 30.6 Å². The molecule has 0 spiro atoms. The third-order valence-electron chi connectivity index (χ3n) is 1.46. The van der Waals surface area contributed by atoms with E-state index in [1.807, 2.05) is 43.1 Å². The van der Waals surface area contributed by atoms with E-state index in [1.165, 1.54) is 0 Å². The van der Waals surface area contributed by atoms with Gasteiger partial charge in [0.25, 0.3) is 0 Å². The van der Waals surface area contributed by atoms with Crippen molar-refractivity contribution in [1.82, 2.24) is 4.98 Å². The number of rotatable bonds is 2. The molecule has 0 unspecified atom stereocenters. The van der Waals surface area contributed by atoms with Gasteiger partial charge in [-0.2, -0.15) is 0 Å². The third kappa shape index (κ3) is 3.38. The molecule has 0 saturated heterocycles. The molecule has 0 N–H and O–H groups in total.